The molecule has 0 aliphatic rings. The molecule has 0 spiro atoms. The van der Waals surface area contributed by atoms with Crippen molar-refractivity contribution in [1.82, 2.24) is 4.57 Å². The van der Waals surface area contributed by atoms with Gasteiger partial charge in [0, 0.05) is 5.69 Å². The first-order valence-corrected chi connectivity index (χ1v) is 4.31. The Morgan fingerprint density at radius 1 is 1.57 bits per heavy atom. The van der Waals surface area contributed by atoms with Gasteiger partial charge in [0.05, 0.1) is 5.69 Å². The van der Waals surface area contributed by atoms with Gasteiger partial charge < -0.3 is 10.8 Å². The van der Waals surface area contributed by atoms with E-state index in [-0.39, 0.29) is 5.69 Å². The molecule has 3 N–H and O–H groups in total. The van der Waals surface area contributed by atoms with Crippen molar-refractivity contribution in [3.63, 3.8) is 0 Å². The number of aromatic nitrogens is 1. The predicted octanol–water partition coefficient (Wildman–Crippen LogP) is 0.909. The van der Waals surface area contributed by atoms with Gasteiger partial charge in [0.15, 0.2) is 0 Å². The highest BCUT2D eigenvalue weighted by Crippen LogP contribution is 2.03. The van der Waals surface area contributed by atoms with E-state index in [9.17, 15) is 9.59 Å². The van der Waals surface area contributed by atoms with E-state index in [1.807, 2.05) is 6.92 Å². The zero-order valence-electron chi connectivity index (χ0n) is 7.86. The topological polar surface area (TPSA) is 85.3 Å². The summed E-state index contributed by atoms with van der Waals surface area (Å²) in [7, 11) is 0. The normalized spacial score (nSPS) is 10.1. The maximum absolute atomic E-state index is 11.4. The number of aryl methyl sites for hydroxylation is 1. The molecule has 1 aromatic heterocycles. The molecule has 0 amide bonds. The Morgan fingerprint density at radius 2 is 2.21 bits per heavy atom. The summed E-state index contributed by atoms with van der Waals surface area (Å²) in [6.07, 6.45) is 0.0316. The van der Waals surface area contributed by atoms with Crippen molar-refractivity contribution in [3.8, 4) is 0 Å². The van der Waals surface area contributed by atoms with Gasteiger partial charge in [-0.1, -0.05) is 13.3 Å². The average Bonchev–Trinajstić information content (AvgIpc) is 2.11. The summed E-state index contributed by atoms with van der Waals surface area (Å²) in [6.45, 7) is 1.91. The van der Waals surface area contributed by atoms with Crippen molar-refractivity contribution >= 4 is 11.8 Å². The third-order valence-electron chi connectivity index (χ3n) is 1.89. The van der Waals surface area contributed by atoms with Gasteiger partial charge in [0.2, 0.25) is 0 Å². The SMILES string of the molecule is CCCc1ccc(N)c(=O)n1C(=O)O. The molecule has 1 aromatic rings. The molecule has 0 bridgehead atoms. The molecule has 0 aliphatic carbocycles. The van der Waals surface area contributed by atoms with Crippen molar-refractivity contribution in [1.29, 1.82) is 0 Å². The summed E-state index contributed by atoms with van der Waals surface area (Å²) >= 11 is 0. The smallest absolute Gasteiger partial charge is 0.418 e. The van der Waals surface area contributed by atoms with E-state index < -0.39 is 11.7 Å². The zero-order valence-corrected chi connectivity index (χ0v) is 7.86. The fraction of sp³-hybridized carbons (Fsp3) is 0.333. The predicted molar refractivity (Wildman–Crippen MR) is 52.5 cm³/mol. The molecular formula is C9H12N2O3. The van der Waals surface area contributed by atoms with Gasteiger partial charge in [0.25, 0.3) is 5.56 Å². The summed E-state index contributed by atoms with van der Waals surface area (Å²) in [5.41, 5.74) is 5.09. The molecule has 5 heteroatoms. The van der Waals surface area contributed by atoms with Gasteiger partial charge in [-0.05, 0) is 18.6 Å². The van der Waals surface area contributed by atoms with Crippen LogP contribution >= 0.6 is 0 Å². The largest absolute Gasteiger partial charge is 0.464 e. The van der Waals surface area contributed by atoms with Crippen LogP contribution in [0.25, 0.3) is 0 Å². The Kier molecular flexibility index (Phi) is 2.91. The van der Waals surface area contributed by atoms with Crippen molar-refractivity contribution in [2.45, 2.75) is 19.8 Å². The van der Waals surface area contributed by atoms with Gasteiger partial charge in [-0.25, -0.2) is 9.36 Å². The van der Waals surface area contributed by atoms with E-state index in [1.54, 1.807) is 6.07 Å². The minimum atomic E-state index is -1.29. The number of pyridine rings is 1. The van der Waals surface area contributed by atoms with Crippen molar-refractivity contribution in [3.05, 3.63) is 28.2 Å². The second kappa shape index (κ2) is 3.95. The Bertz CT molecular complexity index is 409. The van der Waals surface area contributed by atoms with Crippen molar-refractivity contribution in [2.75, 3.05) is 5.73 Å². The lowest BCUT2D eigenvalue weighted by atomic mass is 10.2. The van der Waals surface area contributed by atoms with Crippen LogP contribution in [0, 0.1) is 0 Å². The maximum atomic E-state index is 11.4. The highest BCUT2D eigenvalue weighted by molar-refractivity contribution is 5.70. The Balaban J connectivity index is 3.38. The number of nitrogens with two attached hydrogens (primary N) is 1. The molecule has 0 atom stereocenters. The molecule has 0 radical (unpaired) electrons. The Morgan fingerprint density at radius 3 is 2.71 bits per heavy atom. The highest BCUT2D eigenvalue weighted by atomic mass is 16.4. The maximum Gasteiger partial charge on any atom is 0.418 e. The van der Waals surface area contributed by atoms with Gasteiger partial charge >= 0.3 is 6.09 Å². The molecule has 0 aromatic carbocycles. The van der Waals surface area contributed by atoms with Crippen LogP contribution in [0.4, 0.5) is 10.5 Å². The lowest BCUT2D eigenvalue weighted by Crippen LogP contribution is -2.30. The van der Waals surface area contributed by atoms with Crippen molar-refractivity contribution in [2.24, 2.45) is 0 Å². The lowest BCUT2D eigenvalue weighted by Gasteiger charge is -2.07. The molecule has 1 heterocycles. The molecule has 14 heavy (non-hydrogen) atoms. The number of rotatable bonds is 2. The van der Waals surface area contributed by atoms with E-state index in [2.05, 4.69) is 0 Å². The number of anilines is 1. The molecular weight excluding hydrogens is 184 g/mol. The van der Waals surface area contributed by atoms with Crippen molar-refractivity contribution < 1.29 is 9.90 Å². The fourth-order valence-electron chi connectivity index (χ4n) is 1.25. The first kappa shape index (κ1) is 10.3. The molecule has 0 fully saturated rings. The van der Waals surface area contributed by atoms with E-state index in [0.29, 0.717) is 16.7 Å². The van der Waals surface area contributed by atoms with Crippen LogP contribution in [0.5, 0.6) is 0 Å². The molecule has 0 unspecified atom stereocenters. The van der Waals surface area contributed by atoms with Crippen LogP contribution in [-0.4, -0.2) is 15.8 Å². The first-order chi connectivity index (χ1) is 6.57. The minimum Gasteiger partial charge on any atom is -0.464 e. The third kappa shape index (κ3) is 1.76. The van der Waals surface area contributed by atoms with E-state index in [4.69, 9.17) is 10.8 Å². The van der Waals surface area contributed by atoms with E-state index in [1.165, 1.54) is 6.07 Å². The molecule has 0 aliphatic heterocycles. The number of carboxylic acid groups (broad SMARTS) is 1. The van der Waals surface area contributed by atoms with Crippen LogP contribution in [0.1, 0.15) is 19.0 Å². The van der Waals surface area contributed by atoms with E-state index >= 15 is 0 Å². The van der Waals surface area contributed by atoms with Gasteiger partial charge in [-0.2, -0.15) is 0 Å². The highest BCUT2D eigenvalue weighted by Gasteiger charge is 2.11. The number of nitrogen functional groups attached to an aromatic ring is 1. The van der Waals surface area contributed by atoms with Crippen LogP contribution in [0.2, 0.25) is 0 Å². The van der Waals surface area contributed by atoms with Gasteiger partial charge in [0.1, 0.15) is 0 Å². The molecule has 76 valence electrons. The van der Waals surface area contributed by atoms with Crippen LogP contribution in [-0.2, 0) is 6.42 Å². The summed E-state index contributed by atoms with van der Waals surface area (Å²) in [4.78, 5) is 22.1. The van der Waals surface area contributed by atoms with Gasteiger partial charge in [-0.15, -0.1) is 0 Å². The number of carbonyl (C=O) groups is 1. The molecule has 1 rings (SSSR count). The molecule has 0 saturated carbocycles. The first-order valence-electron chi connectivity index (χ1n) is 4.31. The number of nitrogens with zero attached hydrogens (tertiary/aromatic N) is 1. The second-order valence-corrected chi connectivity index (χ2v) is 2.95. The number of hydrogen-bond donors (Lipinski definition) is 2. The summed E-state index contributed by atoms with van der Waals surface area (Å²) in [5.74, 6) is 0. The van der Waals surface area contributed by atoms with E-state index in [0.717, 1.165) is 6.42 Å². The summed E-state index contributed by atoms with van der Waals surface area (Å²) in [5, 5.41) is 8.80. The monoisotopic (exact) mass is 196 g/mol. The fourth-order valence-corrected chi connectivity index (χ4v) is 1.25. The molecule has 5 nitrogen and oxygen atoms in total. The zero-order chi connectivity index (χ0) is 10.7. The quantitative estimate of drug-likeness (QED) is 0.736. The second-order valence-electron chi connectivity index (χ2n) is 2.95. The Labute approximate surface area is 80.8 Å². The average molecular weight is 196 g/mol. The van der Waals surface area contributed by atoms with Crippen LogP contribution in [0.15, 0.2) is 16.9 Å². The van der Waals surface area contributed by atoms with Crippen LogP contribution in [0.3, 0.4) is 0 Å². The Hall–Kier alpha value is -1.78. The minimum absolute atomic E-state index is 0.0488. The molecule has 0 saturated heterocycles. The lowest BCUT2D eigenvalue weighted by molar-refractivity contribution is 0.194. The number of hydrogen-bond acceptors (Lipinski definition) is 3. The van der Waals surface area contributed by atoms with Crippen LogP contribution < -0.4 is 11.3 Å². The third-order valence-corrected chi connectivity index (χ3v) is 1.89. The summed E-state index contributed by atoms with van der Waals surface area (Å²) < 4.78 is 0.693. The van der Waals surface area contributed by atoms with Gasteiger partial charge in [-0.3, -0.25) is 4.79 Å². The standard InChI is InChI=1S/C9H12N2O3/c1-2-3-6-4-5-7(10)8(12)11(6)9(13)14/h4-5H,2-3,10H2,1H3,(H,13,14). The summed E-state index contributed by atoms with van der Waals surface area (Å²) in [6, 6.07) is 3.00.